The Balaban J connectivity index is 1.55. The van der Waals surface area contributed by atoms with Crippen LogP contribution in [0.1, 0.15) is 48.8 Å². The average Bonchev–Trinajstić information content (AvgIpc) is 3.39. The predicted molar refractivity (Wildman–Crippen MR) is 98.8 cm³/mol. The normalized spacial score (nSPS) is 39.3. The number of piperidine rings is 1. The number of aliphatic hydroxyl groups is 1. The monoisotopic (exact) mass is 369 g/mol. The van der Waals surface area contributed by atoms with E-state index in [0.717, 1.165) is 48.7 Å². The molecule has 1 N–H and O–H groups in total. The number of benzene rings is 1. The summed E-state index contributed by atoms with van der Waals surface area (Å²) < 4.78 is 11.7. The molecule has 2 heterocycles. The highest BCUT2D eigenvalue weighted by atomic mass is 16.5. The highest BCUT2D eigenvalue weighted by Gasteiger charge is 2.73. The van der Waals surface area contributed by atoms with E-state index in [4.69, 9.17) is 9.47 Å². The van der Waals surface area contributed by atoms with Crippen LogP contribution in [0.2, 0.25) is 0 Å². The summed E-state index contributed by atoms with van der Waals surface area (Å²) in [6.45, 7) is 2.51. The van der Waals surface area contributed by atoms with E-state index in [9.17, 15) is 9.90 Å². The Labute approximate surface area is 159 Å². The molecule has 144 valence electrons. The third-order valence-corrected chi connectivity index (χ3v) is 7.96. The zero-order valence-electron chi connectivity index (χ0n) is 15.9. The van der Waals surface area contributed by atoms with Gasteiger partial charge in [-0.05, 0) is 50.1 Å². The summed E-state index contributed by atoms with van der Waals surface area (Å²) in [7, 11) is 1.68. The van der Waals surface area contributed by atoms with Crippen LogP contribution < -0.4 is 4.74 Å². The van der Waals surface area contributed by atoms with Crippen LogP contribution in [0, 0.1) is 5.92 Å². The summed E-state index contributed by atoms with van der Waals surface area (Å²) in [6.07, 6.45) is 4.74. The fourth-order valence-corrected chi connectivity index (χ4v) is 6.60. The average molecular weight is 369 g/mol. The van der Waals surface area contributed by atoms with Crippen molar-refractivity contribution in [1.29, 1.82) is 0 Å². The Kier molecular flexibility index (Phi) is 3.27. The van der Waals surface area contributed by atoms with Crippen molar-refractivity contribution in [3.63, 3.8) is 0 Å². The van der Waals surface area contributed by atoms with Gasteiger partial charge in [0, 0.05) is 37.2 Å². The molecule has 3 fully saturated rings. The van der Waals surface area contributed by atoms with Crippen molar-refractivity contribution < 1.29 is 19.4 Å². The third kappa shape index (κ3) is 1.93. The minimum absolute atomic E-state index is 0.0952. The molecule has 1 saturated heterocycles. The van der Waals surface area contributed by atoms with Crippen molar-refractivity contribution in [3.05, 3.63) is 28.8 Å². The van der Waals surface area contributed by atoms with E-state index < -0.39 is 17.1 Å². The molecule has 1 spiro atoms. The molecule has 27 heavy (non-hydrogen) atoms. The van der Waals surface area contributed by atoms with Crippen LogP contribution in [-0.2, 0) is 28.0 Å². The summed E-state index contributed by atoms with van der Waals surface area (Å²) in [6, 6.07) is 4.37. The Morgan fingerprint density at radius 2 is 2.19 bits per heavy atom. The number of hydrogen-bond acceptors (Lipinski definition) is 5. The molecule has 2 saturated carbocycles. The second-order valence-electron chi connectivity index (χ2n) is 9.29. The van der Waals surface area contributed by atoms with Gasteiger partial charge >= 0.3 is 0 Å². The smallest absolute Gasteiger partial charge is 0.174 e. The first kappa shape index (κ1) is 16.5. The first-order chi connectivity index (χ1) is 13.1. The minimum atomic E-state index is -0.872. The van der Waals surface area contributed by atoms with E-state index in [1.54, 1.807) is 7.11 Å². The summed E-state index contributed by atoms with van der Waals surface area (Å²) in [5.74, 6) is 1.77. The first-order valence-corrected chi connectivity index (χ1v) is 10.4. The van der Waals surface area contributed by atoms with Crippen molar-refractivity contribution >= 4 is 5.78 Å². The van der Waals surface area contributed by atoms with E-state index in [0.29, 0.717) is 19.4 Å². The van der Waals surface area contributed by atoms with E-state index in [2.05, 4.69) is 17.0 Å². The molecule has 2 bridgehead atoms. The molecular weight excluding hydrogens is 342 g/mol. The van der Waals surface area contributed by atoms with Crippen LogP contribution in [0.15, 0.2) is 12.1 Å². The Hall–Kier alpha value is -1.43. The Morgan fingerprint density at radius 1 is 1.33 bits per heavy atom. The van der Waals surface area contributed by atoms with E-state index >= 15 is 0 Å². The number of ketones is 1. The fraction of sp³-hybridized carbons (Fsp3) is 0.682. The standard InChI is InChI=1S/C22H27NO4/c1-26-12-15-5-4-14-10-17-22(25)7-6-16(24)20-21(22,18(14)19(15)27-20)8-9-23(17)11-13-2-3-13/h4-5,13,17,20,25H,2-3,6-12H2,1H3/t17-,20+,21+,22-/m1/s1. The molecule has 5 aliphatic rings. The van der Waals surface area contributed by atoms with Gasteiger partial charge in [0.25, 0.3) is 0 Å². The van der Waals surface area contributed by atoms with Crippen molar-refractivity contribution in [2.24, 2.45) is 5.92 Å². The molecule has 1 aromatic carbocycles. The van der Waals surface area contributed by atoms with Gasteiger partial charge in [0.15, 0.2) is 11.9 Å². The quantitative estimate of drug-likeness (QED) is 0.879. The summed E-state index contributed by atoms with van der Waals surface area (Å²) in [5, 5.41) is 12.1. The van der Waals surface area contributed by atoms with E-state index in [-0.39, 0.29) is 11.8 Å². The van der Waals surface area contributed by atoms with Crippen LogP contribution >= 0.6 is 0 Å². The van der Waals surface area contributed by atoms with Crippen LogP contribution in [0.4, 0.5) is 0 Å². The van der Waals surface area contributed by atoms with Crippen molar-refractivity contribution in [2.75, 3.05) is 20.2 Å². The molecule has 4 atom stereocenters. The van der Waals surface area contributed by atoms with E-state index in [1.165, 1.54) is 18.4 Å². The number of rotatable bonds is 4. The fourth-order valence-electron chi connectivity index (χ4n) is 6.60. The van der Waals surface area contributed by atoms with Crippen LogP contribution in [0.25, 0.3) is 0 Å². The second kappa shape index (κ2) is 5.34. The van der Waals surface area contributed by atoms with E-state index in [1.807, 2.05) is 0 Å². The molecule has 5 nitrogen and oxygen atoms in total. The molecule has 1 aromatic rings. The summed E-state index contributed by atoms with van der Waals surface area (Å²) in [5.41, 5.74) is 1.94. The van der Waals surface area contributed by atoms with Gasteiger partial charge in [0.2, 0.25) is 0 Å². The molecule has 0 aromatic heterocycles. The SMILES string of the molecule is COCc1ccc2c3c1O[C@H]1C(=O)CC[C@@]4(O)[C@@H](C2)N(CC2CC2)CC[C@]314. The summed E-state index contributed by atoms with van der Waals surface area (Å²) in [4.78, 5) is 15.4. The maximum atomic E-state index is 12.9. The summed E-state index contributed by atoms with van der Waals surface area (Å²) >= 11 is 0. The van der Waals surface area contributed by atoms with Gasteiger partial charge in [0.1, 0.15) is 5.75 Å². The topological polar surface area (TPSA) is 59.0 Å². The van der Waals surface area contributed by atoms with Gasteiger partial charge < -0.3 is 14.6 Å². The number of hydrogen-bond donors (Lipinski definition) is 1. The molecule has 5 heteroatoms. The molecule has 6 rings (SSSR count). The molecule has 3 aliphatic carbocycles. The molecular formula is C22H27NO4. The third-order valence-electron chi connectivity index (χ3n) is 7.96. The van der Waals surface area contributed by atoms with Crippen LogP contribution in [-0.4, -0.2) is 53.7 Å². The lowest BCUT2D eigenvalue weighted by molar-refractivity contribution is -0.188. The lowest BCUT2D eigenvalue weighted by atomic mass is 9.49. The van der Waals surface area contributed by atoms with Gasteiger partial charge in [-0.3, -0.25) is 9.69 Å². The predicted octanol–water partition coefficient (Wildman–Crippen LogP) is 1.97. The van der Waals surface area contributed by atoms with Gasteiger partial charge in [0.05, 0.1) is 17.6 Å². The van der Waals surface area contributed by atoms with Gasteiger partial charge in [-0.2, -0.15) is 0 Å². The highest BCUT2D eigenvalue weighted by molar-refractivity contribution is 5.89. The van der Waals surface area contributed by atoms with Crippen molar-refractivity contribution in [3.8, 4) is 5.75 Å². The minimum Gasteiger partial charge on any atom is -0.481 e. The Bertz CT molecular complexity index is 834. The molecule has 0 radical (unpaired) electrons. The van der Waals surface area contributed by atoms with Crippen LogP contribution in [0.3, 0.4) is 0 Å². The highest BCUT2D eigenvalue weighted by Crippen LogP contribution is 2.64. The lowest BCUT2D eigenvalue weighted by Crippen LogP contribution is -2.76. The zero-order valence-corrected chi connectivity index (χ0v) is 15.9. The lowest BCUT2D eigenvalue weighted by Gasteiger charge is -2.62. The number of methoxy groups -OCH3 is 1. The second-order valence-corrected chi connectivity index (χ2v) is 9.29. The van der Waals surface area contributed by atoms with Crippen molar-refractivity contribution in [1.82, 2.24) is 4.90 Å². The van der Waals surface area contributed by atoms with Gasteiger partial charge in [-0.25, -0.2) is 0 Å². The number of likely N-dealkylation sites (tertiary alicyclic amines) is 1. The number of carbonyl (C=O) groups is 1. The zero-order chi connectivity index (χ0) is 18.4. The number of Topliss-reactive ketones (excluding diaryl/α,β-unsaturated/α-hetero) is 1. The maximum absolute atomic E-state index is 12.9. The first-order valence-electron chi connectivity index (χ1n) is 10.4. The number of carbonyl (C=O) groups excluding carboxylic acids is 1. The molecule has 0 amide bonds. The number of nitrogens with zero attached hydrogens (tertiary/aromatic N) is 1. The molecule has 2 aliphatic heterocycles. The largest absolute Gasteiger partial charge is 0.481 e. The van der Waals surface area contributed by atoms with Gasteiger partial charge in [-0.1, -0.05) is 12.1 Å². The van der Waals surface area contributed by atoms with Gasteiger partial charge in [-0.15, -0.1) is 0 Å². The molecule has 0 unspecified atom stereocenters. The Morgan fingerprint density at radius 3 is 2.96 bits per heavy atom. The van der Waals surface area contributed by atoms with Crippen molar-refractivity contribution in [2.45, 2.75) is 68.3 Å². The number of ether oxygens (including phenoxy) is 2. The van der Waals surface area contributed by atoms with Crippen LogP contribution in [0.5, 0.6) is 5.75 Å². The maximum Gasteiger partial charge on any atom is 0.174 e.